The van der Waals surface area contributed by atoms with Crippen LogP contribution >= 0.6 is 22.7 Å². The minimum Gasteiger partial charge on any atom is -0.503 e. The van der Waals surface area contributed by atoms with E-state index in [-0.39, 0.29) is 12.1 Å². The van der Waals surface area contributed by atoms with E-state index in [0.717, 1.165) is 0 Å². The number of ketones is 2. The van der Waals surface area contributed by atoms with Crippen LogP contribution < -0.4 is 0 Å². The van der Waals surface area contributed by atoms with Gasteiger partial charge in [0, 0.05) is 17.5 Å². The van der Waals surface area contributed by atoms with Gasteiger partial charge in [-0.3, -0.25) is 9.59 Å². The van der Waals surface area contributed by atoms with Crippen LogP contribution in [0.25, 0.3) is 9.40 Å². The Hall–Kier alpha value is -3.89. The molecular formula is C24H4B2F30O4S2. The van der Waals surface area contributed by atoms with Crippen LogP contribution in [0.1, 0.15) is 19.3 Å². The molecule has 2 rings (SSSR count). The van der Waals surface area contributed by atoms with Crippen molar-refractivity contribution in [1.29, 1.82) is 0 Å². The molecule has 0 bridgehead atoms. The maximum absolute atomic E-state index is 14.5. The second-order valence-electron chi connectivity index (χ2n) is 11.2. The first-order valence-electron chi connectivity index (χ1n) is 14.0. The van der Waals surface area contributed by atoms with Crippen molar-refractivity contribution < 1.29 is 150 Å². The molecule has 4 nitrogen and oxygen atoms in total. The summed E-state index contributed by atoms with van der Waals surface area (Å²) in [5, 5.41) is -0.878. The lowest BCUT2D eigenvalue weighted by atomic mass is 9.92. The van der Waals surface area contributed by atoms with Crippen LogP contribution in [-0.4, -0.2) is 98.1 Å². The van der Waals surface area contributed by atoms with E-state index in [2.05, 4.69) is 9.31 Å². The van der Waals surface area contributed by atoms with Gasteiger partial charge >= 0.3 is 86.5 Å². The van der Waals surface area contributed by atoms with Crippen LogP contribution in [0.2, 0.25) is 0 Å². The van der Waals surface area contributed by atoms with Gasteiger partial charge in [0.2, 0.25) is 0 Å². The fourth-order valence-corrected chi connectivity index (χ4v) is 6.17. The lowest BCUT2D eigenvalue weighted by Gasteiger charge is -2.39. The second-order valence-corrected chi connectivity index (χ2v) is 13.6. The molecule has 0 saturated heterocycles. The smallest absolute Gasteiger partial charge is 0.503 e. The van der Waals surface area contributed by atoms with Gasteiger partial charge in [0.1, 0.15) is 0 Å². The van der Waals surface area contributed by atoms with E-state index in [4.69, 9.17) is 0 Å². The van der Waals surface area contributed by atoms with E-state index in [0.29, 0.717) is 0 Å². The van der Waals surface area contributed by atoms with E-state index in [1.807, 2.05) is 0 Å². The highest BCUT2D eigenvalue weighted by Crippen LogP contribution is 2.63. The van der Waals surface area contributed by atoms with Gasteiger partial charge in [0.25, 0.3) is 0 Å². The Morgan fingerprint density at radius 2 is 0.661 bits per heavy atom. The molecule has 352 valence electrons. The van der Waals surface area contributed by atoms with Crippen molar-refractivity contribution in [2.75, 3.05) is 0 Å². The summed E-state index contributed by atoms with van der Waals surface area (Å²) in [6, 6.07) is 0.197. The third-order valence-electron chi connectivity index (χ3n) is 7.14. The lowest BCUT2D eigenvalue weighted by molar-refractivity contribution is -0.438. The highest BCUT2D eigenvalue weighted by atomic mass is 32.2. The maximum Gasteiger partial charge on any atom is 0.796 e. The minimum absolute atomic E-state index is 0.0987. The van der Waals surface area contributed by atoms with Gasteiger partial charge in [-0.25, -0.2) is 17.3 Å². The number of hydrogen-bond donors (Lipinski definition) is 0. The molecule has 0 fully saturated rings. The van der Waals surface area contributed by atoms with Crippen LogP contribution in [0.15, 0.2) is 35.8 Å². The summed E-state index contributed by atoms with van der Waals surface area (Å²) in [7, 11) is -9.96. The summed E-state index contributed by atoms with van der Waals surface area (Å²) < 4.78 is 407. The van der Waals surface area contributed by atoms with Crippen molar-refractivity contribution in [3.8, 4) is 0 Å². The SMILES string of the molecule is O=C(/C=C(\OB(F)F)C(F)(F)C(F)(F)C(F)(F)C(F)(F)C(F)(F)C(F)(F)F)c1cc2cc(C(=O)/C=C(\OB(F)F)C(F)(F)C(F)(F)C(F)(F)C(F)(F)C(F)(F)C(F)(F)F)sc2s1. The van der Waals surface area contributed by atoms with E-state index < -0.39 is 164 Å². The second kappa shape index (κ2) is 16.0. The van der Waals surface area contributed by atoms with Gasteiger partial charge in [0.05, 0.1) is 13.8 Å². The molecule has 2 heterocycles. The van der Waals surface area contributed by atoms with Crippen molar-refractivity contribution in [3.63, 3.8) is 0 Å². The summed E-state index contributed by atoms with van der Waals surface area (Å²) in [4.78, 5) is 22.1. The van der Waals surface area contributed by atoms with E-state index in [1.54, 1.807) is 0 Å². The first-order valence-corrected chi connectivity index (χ1v) is 15.6. The average Bonchev–Trinajstić information content (AvgIpc) is 3.66. The molecule has 0 N–H and O–H groups in total. The summed E-state index contributed by atoms with van der Waals surface area (Å²) in [5.41, 5.74) is 0. The van der Waals surface area contributed by atoms with E-state index >= 15 is 0 Å². The molecule has 0 aliphatic carbocycles. The van der Waals surface area contributed by atoms with Gasteiger partial charge in [-0.15, -0.1) is 22.7 Å². The number of thiophene rings is 2. The largest absolute Gasteiger partial charge is 0.796 e. The van der Waals surface area contributed by atoms with Gasteiger partial charge in [-0.1, -0.05) is 0 Å². The summed E-state index contributed by atoms with van der Waals surface area (Å²) in [5.74, 6) is -95.4. The normalized spacial score (nSPS) is 15.6. The maximum atomic E-state index is 14.5. The molecular weight excluding hydrogens is 1010 g/mol. The molecule has 0 spiro atoms. The van der Waals surface area contributed by atoms with E-state index in [1.165, 1.54) is 0 Å². The van der Waals surface area contributed by atoms with Crippen LogP contribution in [0.3, 0.4) is 0 Å². The number of carbonyl (C=O) groups is 2. The van der Waals surface area contributed by atoms with Crippen molar-refractivity contribution in [1.82, 2.24) is 0 Å². The molecule has 38 heteroatoms. The highest BCUT2D eigenvalue weighted by molar-refractivity contribution is 7.39. The molecule has 0 aliphatic heterocycles. The fourth-order valence-electron chi connectivity index (χ4n) is 3.90. The highest BCUT2D eigenvalue weighted by Gasteiger charge is 2.93. The van der Waals surface area contributed by atoms with E-state index in [9.17, 15) is 141 Å². The lowest BCUT2D eigenvalue weighted by Crippen LogP contribution is -2.70. The quantitative estimate of drug-likeness (QED) is 0.0491. The summed E-state index contributed by atoms with van der Waals surface area (Å²) in [6.45, 7) is 0. The molecule has 0 radical (unpaired) electrons. The van der Waals surface area contributed by atoms with Gasteiger partial charge in [-0.2, -0.15) is 114 Å². The minimum atomic E-state index is -8.59. The first kappa shape index (κ1) is 54.2. The van der Waals surface area contributed by atoms with Gasteiger partial charge in [0.15, 0.2) is 23.1 Å². The van der Waals surface area contributed by atoms with Crippen LogP contribution in [-0.2, 0) is 9.31 Å². The summed E-state index contributed by atoms with van der Waals surface area (Å²) in [6.07, 6.45) is -18.6. The Balaban J connectivity index is 2.67. The number of hydrogen-bond acceptors (Lipinski definition) is 6. The Morgan fingerprint density at radius 1 is 0.419 bits per heavy atom. The average molecular weight is 1010 g/mol. The Morgan fingerprint density at radius 3 is 0.871 bits per heavy atom. The zero-order valence-electron chi connectivity index (χ0n) is 27.3. The third-order valence-corrected chi connectivity index (χ3v) is 9.56. The predicted octanol–water partition coefficient (Wildman–Crippen LogP) is 12.5. The molecule has 0 aliphatic rings. The number of halogens is 30. The first-order chi connectivity index (χ1) is 27.1. The number of alkyl halides is 26. The van der Waals surface area contributed by atoms with Gasteiger partial charge < -0.3 is 9.31 Å². The van der Waals surface area contributed by atoms with Crippen molar-refractivity contribution in [2.45, 2.75) is 71.6 Å². The molecule has 62 heavy (non-hydrogen) atoms. The van der Waals surface area contributed by atoms with Gasteiger partial charge in [-0.05, 0) is 12.1 Å². The summed E-state index contributed by atoms with van der Waals surface area (Å²) >= 11 is -0.786. The number of fused-ring (bicyclic) bond motifs is 1. The Labute approximate surface area is 326 Å². The zero-order valence-corrected chi connectivity index (χ0v) is 28.9. The molecule has 0 saturated carbocycles. The molecule has 0 aromatic carbocycles. The Kier molecular flexibility index (Phi) is 14.0. The number of rotatable bonds is 18. The monoisotopic (exact) mass is 1010 g/mol. The number of allylic oxidation sites excluding steroid dienone is 4. The van der Waals surface area contributed by atoms with Crippen molar-refractivity contribution in [2.24, 2.45) is 0 Å². The Bertz CT molecular complexity index is 1890. The van der Waals surface area contributed by atoms with Crippen LogP contribution in [0.4, 0.5) is 131 Å². The molecule has 2 aromatic heterocycles. The molecule has 2 aromatic rings. The van der Waals surface area contributed by atoms with Crippen LogP contribution in [0.5, 0.6) is 0 Å². The number of carbonyl (C=O) groups excluding carboxylic acids is 2. The predicted molar refractivity (Wildman–Crippen MR) is 144 cm³/mol. The molecule has 0 atom stereocenters. The van der Waals surface area contributed by atoms with Crippen molar-refractivity contribution >= 4 is 58.6 Å². The van der Waals surface area contributed by atoms with Crippen LogP contribution in [0, 0.1) is 0 Å². The van der Waals surface area contributed by atoms with Crippen molar-refractivity contribution in [3.05, 3.63) is 45.6 Å². The standard InChI is InChI=1S/C24H4B2F30O4S2/c27-13(28,15(31,32)17(35,36)19(39,40)21(43,44)23(47,48)49)10(59-25(53)54)3-6(57)8-1-5-2-9(62-12(5)61-8)7(58)4-11(60-26(55)56)14(29,30)16(33,34)18(37,38)20(41,42)22(45,46)24(50,51)52/h1-4H/b10-3-,11-4-. The third kappa shape index (κ3) is 8.44. The zero-order chi connectivity index (χ0) is 49.4. The molecule has 0 amide bonds. The molecule has 0 unspecified atom stereocenters. The topological polar surface area (TPSA) is 52.6 Å². The fraction of sp³-hybridized carbons (Fsp3) is 0.500.